The molecule has 0 aliphatic heterocycles. The molecule has 0 saturated carbocycles. The van der Waals surface area contributed by atoms with E-state index in [1.54, 1.807) is 31.2 Å². The van der Waals surface area contributed by atoms with Gasteiger partial charge in [0.1, 0.15) is 5.75 Å². The van der Waals surface area contributed by atoms with Gasteiger partial charge < -0.3 is 14.8 Å². The summed E-state index contributed by atoms with van der Waals surface area (Å²) in [7, 11) is 0. The van der Waals surface area contributed by atoms with Crippen LogP contribution in [0.5, 0.6) is 5.75 Å². The van der Waals surface area contributed by atoms with Crippen molar-refractivity contribution in [3.63, 3.8) is 0 Å². The SMILES string of the molecule is CCOC(=O)COc1cccc(/C=C/C(=O)NC(C)(C)C)c1. The van der Waals surface area contributed by atoms with Crippen LogP contribution in [0.2, 0.25) is 0 Å². The third-order valence-corrected chi connectivity index (χ3v) is 2.45. The van der Waals surface area contributed by atoms with Gasteiger partial charge in [0.2, 0.25) is 5.91 Å². The molecule has 1 aromatic carbocycles. The molecule has 1 amide bonds. The Hall–Kier alpha value is -2.30. The Balaban J connectivity index is 2.60. The van der Waals surface area contributed by atoms with Crippen LogP contribution in [0.1, 0.15) is 33.3 Å². The average molecular weight is 305 g/mol. The average Bonchev–Trinajstić information content (AvgIpc) is 2.42. The Kier molecular flexibility index (Phi) is 6.63. The van der Waals surface area contributed by atoms with Crippen LogP contribution in [0.3, 0.4) is 0 Å². The Morgan fingerprint density at radius 1 is 1.27 bits per heavy atom. The fourth-order valence-corrected chi connectivity index (χ4v) is 1.64. The van der Waals surface area contributed by atoms with Crippen molar-refractivity contribution in [1.82, 2.24) is 5.32 Å². The molecule has 5 nitrogen and oxygen atoms in total. The smallest absolute Gasteiger partial charge is 0.344 e. The summed E-state index contributed by atoms with van der Waals surface area (Å²) in [6.07, 6.45) is 3.16. The molecule has 1 aromatic rings. The number of esters is 1. The van der Waals surface area contributed by atoms with Gasteiger partial charge in [-0.3, -0.25) is 4.79 Å². The zero-order valence-electron chi connectivity index (χ0n) is 13.5. The van der Waals surface area contributed by atoms with Crippen molar-refractivity contribution in [2.45, 2.75) is 33.2 Å². The summed E-state index contributed by atoms with van der Waals surface area (Å²) in [6.45, 7) is 7.69. The lowest BCUT2D eigenvalue weighted by Crippen LogP contribution is -2.39. The number of benzene rings is 1. The minimum Gasteiger partial charge on any atom is -0.482 e. The topological polar surface area (TPSA) is 64.6 Å². The van der Waals surface area contributed by atoms with Crippen LogP contribution >= 0.6 is 0 Å². The van der Waals surface area contributed by atoms with Gasteiger partial charge in [-0.25, -0.2) is 4.79 Å². The van der Waals surface area contributed by atoms with Crippen LogP contribution < -0.4 is 10.1 Å². The molecule has 0 aromatic heterocycles. The van der Waals surface area contributed by atoms with Crippen LogP contribution in [0.15, 0.2) is 30.3 Å². The standard InChI is InChI=1S/C17H23NO4/c1-5-21-16(20)12-22-14-8-6-7-13(11-14)9-10-15(19)18-17(2,3)4/h6-11H,5,12H2,1-4H3,(H,18,19)/b10-9+. The maximum Gasteiger partial charge on any atom is 0.344 e. The zero-order valence-corrected chi connectivity index (χ0v) is 13.5. The van der Waals surface area contributed by atoms with Gasteiger partial charge in [-0.15, -0.1) is 0 Å². The quantitative estimate of drug-likeness (QED) is 0.648. The van der Waals surface area contributed by atoms with E-state index in [0.29, 0.717) is 12.4 Å². The summed E-state index contributed by atoms with van der Waals surface area (Å²) in [5.74, 6) is -0.0234. The number of hydrogen-bond acceptors (Lipinski definition) is 4. The first-order valence-electron chi connectivity index (χ1n) is 7.19. The van der Waals surface area contributed by atoms with Crippen LogP contribution in [0.4, 0.5) is 0 Å². The molecular weight excluding hydrogens is 282 g/mol. The number of carbonyl (C=O) groups is 2. The van der Waals surface area contributed by atoms with Crippen molar-refractivity contribution < 1.29 is 19.1 Å². The first kappa shape index (κ1) is 17.8. The maximum absolute atomic E-state index is 11.7. The van der Waals surface area contributed by atoms with Gasteiger partial charge in [-0.1, -0.05) is 12.1 Å². The lowest BCUT2D eigenvalue weighted by Gasteiger charge is -2.18. The third kappa shape index (κ3) is 7.47. The largest absolute Gasteiger partial charge is 0.482 e. The Labute approximate surface area is 131 Å². The van der Waals surface area contributed by atoms with Gasteiger partial charge in [-0.2, -0.15) is 0 Å². The van der Waals surface area contributed by atoms with Crippen molar-refractivity contribution in [2.75, 3.05) is 13.2 Å². The molecule has 0 fully saturated rings. The molecule has 1 N–H and O–H groups in total. The fourth-order valence-electron chi connectivity index (χ4n) is 1.64. The van der Waals surface area contributed by atoms with Crippen molar-refractivity contribution >= 4 is 18.0 Å². The fraction of sp³-hybridized carbons (Fsp3) is 0.412. The third-order valence-electron chi connectivity index (χ3n) is 2.45. The molecule has 0 saturated heterocycles. The number of nitrogens with one attached hydrogen (secondary N) is 1. The Morgan fingerprint density at radius 3 is 2.64 bits per heavy atom. The molecule has 0 unspecified atom stereocenters. The van der Waals surface area contributed by atoms with Gasteiger partial charge in [0.05, 0.1) is 6.61 Å². The van der Waals surface area contributed by atoms with Crippen LogP contribution in [0.25, 0.3) is 6.08 Å². The van der Waals surface area contributed by atoms with Crippen LogP contribution in [-0.4, -0.2) is 30.6 Å². The van der Waals surface area contributed by atoms with E-state index in [2.05, 4.69) is 5.32 Å². The van der Waals surface area contributed by atoms with E-state index in [-0.39, 0.29) is 18.1 Å². The van der Waals surface area contributed by atoms with Crippen molar-refractivity contribution in [3.05, 3.63) is 35.9 Å². The number of hydrogen-bond donors (Lipinski definition) is 1. The number of amides is 1. The molecule has 0 bridgehead atoms. The molecule has 0 heterocycles. The molecular formula is C17H23NO4. The minimum absolute atomic E-state index is 0.133. The summed E-state index contributed by atoms with van der Waals surface area (Å²) in [6, 6.07) is 7.13. The number of ether oxygens (including phenoxy) is 2. The van der Waals surface area contributed by atoms with Crippen LogP contribution in [0, 0.1) is 0 Å². The molecule has 0 spiro atoms. The molecule has 22 heavy (non-hydrogen) atoms. The van der Waals surface area contributed by atoms with E-state index in [1.165, 1.54) is 6.08 Å². The minimum atomic E-state index is -0.409. The monoisotopic (exact) mass is 305 g/mol. The van der Waals surface area contributed by atoms with Gasteiger partial charge >= 0.3 is 5.97 Å². The summed E-state index contributed by atoms with van der Waals surface area (Å²) in [5, 5.41) is 2.84. The second-order valence-corrected chi connectivity index (χ2v) is 5.74. The Bertz CT molecular complexity index is 544. The van der Waals surface area contributed by atoms with Crippen molar-refractivity contribution in [3.8, 4) is 5.75 Å². The highest BCUT2D eigenvalue weighted by molar-refractivity contribution is 5.92. The number of carbonyl (C=O) groups excluding carboxylic acids is 2. The highest BCUT2D eigenvalue weighted by Crippen LogP contribution is 2.14. The lowest BCUT2D eigenvalue weighted by atomic mass is 10.1. The van der Waals surface area contributed by atoms with Gasteiger partial charge in [0.15, 0.2) is 6.61 Å². The summed E-state index contributed by atoms with van der Waals surface area (Å²) < 4.78 is 10.1. The normalized spacial score (nSPS) is 11.3. The van der Waals surface area contributed by atoms with E-state index in [4.69, 9.17) is 9.47 Å². The van der Waals surface area contributed by atoms with Crippen LogP contribution in [-0.2, 0) is 14.3 Å². The first-order valence-corrected chi connectivity index (χ1v) is 7.19. The second-order valence-electron chi connectivity index (χ2n) is 5.74. The van der Waals surface area contributed by atoms with E-state index >= 15 is 0 Å². The molecule has 1 rings (SSSR count). The van der Waals surface area contributed by atoms with Crippen molar-refractivity contribution in [2.24, 2.45) is 0 Å². The molecule has 0 atom stereocenters. The highest BCUT2D eigenvalue weighted by atomic mass is 16.6. The van der Waals surface area contributed by atoms with Gasteiger partial charge in [0.25, 0.3) is 0 Å². The predicted octanol–water partition coefficient (Wildman–Crippen LogP) is 2.56. The second kappa shape index (κ2) is 8.22. The van der Waals surface area contributed by atoms with Gasteiger partial charge in [0, 0.05) is 11.6 Å². The highest BCUT2D eigenvalue weighted by Gasteiger charge is 2.11. The predicted molar refractivity (Wildman–Crippen MR) is 85.5 cm³/mol. The lowest BCUT2D eigenvalue weighted by molar-refractivity contribution is -0.145. The van der Waals surface area contributed by atoms with Crippen molar-refractivity contribution in [1.29, 1.82) is 0 Å². The molecule has 0 radical (unpaired) electrons. The Morgan fingerprint density at radius 2 is 2.00 bits per heavy atom. The molecule has 0 aliphatic rings. The number of rotatable bonds is 6. The van der Waals surface area contributed by atoms with E-state index in [1.807, 2.05) is 26.8 Å². The maximum atomic E-state index is 11.7. The van der Waals surface area contributed by atoms with E-state index < -0.39 is 5.97 Å². The summed E-state index contributed by atoms with van der Waals surface area (Å²) in [4.78, 5) is 22.9. The van der Waals surface area contributed by atoms with Gasteiger partial charge in [-0.05, 0) is 51.5 Å². The first-order chi connectivity index (χ1) is 10.3. The summed E-state index contributed by atoms with van der Waals surface area (Å²) in [5.41, 5.74) is 0.539. The summed E-state index contributed by atoms with van der Waals surface area (Å²) >= 11 is 0. The van der Waals surface area contributed by atoms with E-state index in [9.17, 15) is 9.59 Å². The molecule has 5 heteroatoms. The zero-order chi connectivity index (χ0) is 16.6. The molecule has 120 valence electrons. The van der Waals surface area contributed by atoms with E-state index in [0.717, 1.165) is 5.56 Å². The molecule has 0 aliphatic carbocycles.